The number of rotatable bonds is 6. The van der Waals surface area contributed by atoms with Crippen LogP contribution in [0.25, 0.3) is 0 Å². The van der Waals surface area contributed by atoms with Crippen LogP contribution >= 0.6 is 0 Å². The van der Waals surface area contributed by atoms with Gasteiger partial charge in [-0.15, -0.1) is 5.10 Å². The van der Waals surface area contributed by atoms with E-state index in [1.54, 1.807) is 19.2 Å². The first kappa shape index (κ1) is 19.1. The number of hydrogen-bond donors (Lipinski definition) is 0. The molecule has 1 aliphatic rings. The zero-order valence-electron chi connectivity index (χ0n) is 16.6. The van der Waals surface area contributed by atoms with Crippen molar-refractivity contribution in [1.29, 1.82) is 0 Å². The van der Waals surface area contributed by atoms with Gasteiger partial charge in [0.25, 0.3) is 5.91 Å². The number of tetrazole rings is 1. The Labute approximate surface area is 168 Å². The molecule has 29 heavy (non-hydrogen) atoms. The molecule has 1 aromatic carbocycles. The number of carbonyl (C=O) groups excluding carboxylic acids is 1. The van der Waals surface area contributed by atoms with Crippen LogP contribution in [0.1, 0.15) is 34.9 Å². The number of furan rings is 1. The Balaban J connectivity index is 1.38. The van der Waals surface area contributed by atoms with Crippen LogP contribution in [0.15, 0.2) is 47.1 Å². The lowest BCUT2D eigenvalue weighted by atomic mass is 10.2. The normalized spacial score (nSPS) is 16.0. The minimum atomic E-state index is -0.0633. The third-order valence-electron chi connectivity index (χ3n) is 5.31. The molecule has 0 N–H and O–H groups in total. The van der Waals surface area contributed by atoms with Gasteiger partial charge >= 0.3 is 0 Å². The van der Waals surface area contributed by atoms with Crippen LogP contribution in [-0.4, -0.2) is 69.2 Å². The lowest BCUT2D eigenvalue weighted by molar-refractivity contribution is 0.0543. The monoisotopic (exact) mass is 396 g/mol. The lowest BCUT2D eigenvalue weighted by Gasteiger charge is -2.37. The predicted molar refractivity (Wildman–Crippen MR) is 105 cm³/mol. The molecular weight excluding hydrogens is 372 g/mol. The topological polar surface area (TPSA) is 89.5 Å². The Morgan fingerprint density at radius 3 is 2.59 bits per heavy atom. The van der Waals surface area contributed by atoms with E-state index < -0.39 is 0 Å². The maximum absolute atomic E-state index is 12.4. The average Bonchev–Trinajstić information content (AvgIpc) is 3.46. The van der Waals surface area contributed by atoms with Crippen molar-refractivity contribution in [3.8, 4) is 5.75 Å². The van der Waals surface area contributed by atoms with Crippen LogP contribution in [0.4, 0.5) is 0 Å². The molecule has 1 atom stereocenters. The summed E-state index contributed by atoms with van der Waals surface area (Å²) in [5, 5.41) is 12.3. The van der Waals surface area contributed by atoms with Crippen LogP contribution in [0.5, 0.6) is 5.75 Å². The number of amides is 1. The highest BCUT2D eigenvalue weighted by Gasteiger charge is 2.28. The van der Waals surface area contributed by atoms with Gasteiger partial charge in [-0.05, 0) is 47.2 Å². The Morgan fingerprint density at radius 1 is 1.17 bits per heavy atom. The first-order chi connectivity index (χ1) is 14.2. The van der Waals surface area contributed by atoms with Crippen molar-refractivity contribution in [3.63, 3.8) is 0 Å². The predicted octanol–water partition coefficient (Wildman–Crippen LogP) is 1.84. The Bertz CT molecular complexity index is 930. The number of nitrogens with zero attached hydrogens (tertiary/aromatic N) is 6. The summed E-state index contributed by atoms with van der Waals surface area (Å²) in [6.07, 6.45) is 1.52. The molecular formula is C20H24N6O3. The molecule has 1 fully saturated rings. The summed E-state index contributed by atoms with van der Waals surface area (Å²) < 4.78 is 12.3. The molecule has 9 heteroatoms. The highest BCUT2D eigenvalue weighted by molar-refractivity contribution is 5.91. The molecule has 152 valence electrons. The van der Waals surface area contributed by atoms with Crippen molar-refractivity contribution in [2.24, 2.45) is 0 Å². The van der Waals surface area contributed by atoms with Crippen LogP contribution in [0, 0.1) is 0 Å². The van der Waals surface area contributed by atoms with E-state index in [9.17, 15) is 4.79 Å². The van der Waals surface area contributed by atoms with Crippen molar-refractivity contribution < 1.29 is 13.9 Å². The van der Waals surface area contributed by atoms with Crippen LogP contribution in [0.2, 0.25) is 0 Å². The molecule has 0 aliphatic carbocycles. The highest BCUT2D eigenvalue weighted by atomic mass is 16.5. The number of carbonyl (C=O) groups is 1. The van der Waals surface area contributed by atoms with Crippen molar-refractivity contribution >= 4 is 5.91 Å². The number of hydrogen-bond acceptors (Lipinski definition) is 7. The summed E-state index contributed by atoms with van der Waals surface area (Å²) in [6, 6.07) is 11.3. The fraction of sp³-hybridized carbons (Fsp3) is 0.400. The van der Waals surface area contributed by atoms with E-state index in [1.165, 1.54) is 6.26 Å². The first-order valence-electron chi connectivity index (χ1n) is 9.61. The molecule has 9 nitrogen and oxygen atoms in total. The van der Waals surface area contributed by atoms with E-state index in [1.807, 2.05) is 33.8 Å². The lowest BCUT2D eigenvalue weighted by Crippen LogP contribution is -2.49. The molecule has 0 spiro atoms. The Morgan fingerprint density at radius 2 is 1.93 bits per heavy atom. The smallest absolute Gasteiger partial charge is 0.289 e. The fourth-order valence-corrected chi connectivity index (χ4v) is 3.56. The van der Waals surface area contributed by atoms with Gasteiger partial charge in [0.05, 0.1) is 26.0 Å². The Kier molecular flexibility index (Phi) is 5.57. The molecule has 2 aromatic heterocycles. The van der Waals surface area contributed by atoms with Gasteiger partial charge in [0.1, 0.15) is 5.75 Å². The van der Waals surface area contributed by atoms with Crippen molar-refractivity contribution in [2.75, 3.05) is 33.3 Å². The largest absolute Gasteiger partial charge is 0.497 e. The van der Waals surface area contributed by atoms with E-state index in [-0.39, 0.29) is 11.9 Å². The van der Waals surface area contributed by atoms with Gasteiger partial charge in [0.15, 0.2) is 11.6 Å². The molecule has 1 aliphatic heterocycles. The minimum absolute atomic E-state index is 0.0455. The molecule has 0 saturated carbocycles. The number of aromatic nitrogens is 4. The number of methoxy groups -OCH3 is 1. The second kappa shape index (κ2) is 8.44. The summed E-state index contributed by atoms with van der Waals surface area (Å²) >= 11 is 0. The molecule has 0 radical (unpaired) electrons. The molecule has 0 unspecified atom stereocenters. The van der Waals surface area contributed by atoms with Crippen molar-refractivity contribution in [1.82, 2.24) is 30.0 Å². The van der Waals surface area contributed by atoms with Gasteiger partial charge in [0, 0.05) is 26.2 Å². The summed E-state index contributed by atoms with van der Waals surface area (Å²) in [5.74, 6) is 1.95. The third-order valence-corrected chi connectivity index (χ3v) is 5.31. The molecule has 3 aromatic rings. The quantitative estimate of drug-likeness (QED) is 0.628. The number of ether oxygens (including phenoxy) is 1. The van der Waals surface area contributed by atoms with E-state index in [0.717, 1.165) is 30.2 Å². The Hall–Kier alpha value is -3.20. The summed E-state index contributed by atoms with van der Waals surface area (Å²) in [4.78, 5) is 16.6. The SMILES string of the molecule is COc1ccc(Cn2nnnc2[C@H](C)N2CCN(C(=O)c3ccco3)CC2)cc1. The maximum Gasteiger partial charge on any atom is 0.289 e. The molecule has 4 rings (SSSR count). The van der Waals surface area contributed by atoms with Gasteiger partial charge < -0.3 is 14.1 Å². The van der Waals surface area contributed by atoms with E-state index >= 15 is 0 Å². The maximum atomic E-state index is 12.4. The summed E-state index contributed by atoms with van der Waals surface area (Å²) in [7, 11) is 1.65. The van der Waals surface area contributed by atoms with Crippen molar-refractivity contribution in [2.45, 2.75) is 19.5 Å². The molecule has 3 heterocycles. The van der Waals surface area contributed by atoms with E-state index in [2.05, 4.69) is 27.3 Å². The minimum Gasteiger partial charge on any atom is -0.497 e. The van der Waals surface area contributed by atoms with Gasteiger partial charge in [0.2, 0.25) is 0 Å². The van der Waals surface area contributed by atoms with Crippen molar-refractivity contribution in [3.05, 3.63) is 59.8 Å². The van der Waals surface area contributed by atoms with Gasteiger partial charge in [-0.25, -0.2) is 4.68 Å². The van der Waals surface area contributed by atoms with Gasteiger partial charge in [-0.2, -0.15) is 0 Å². The molecule has 0 bridgehead atoms. The van der Waals surface area contributed by atoms with Crippen LogP contribution in [-0.2, 0) is 6.54 Å². The second-order valence-corrected chi connectivity index (χ2v) is 7.02. The molecule has 1 amide bonds. The first-order valence-corrected chi connectivity index (χ1v) is 9.61. The summed E-state index contributed by atoms with van der Waals surface area (Å²) in [5.41, 5.74) is 1.10. The molecule has 1 saturated heterocycles. The second-order valence-electron chi connectivity index (χ2n) is 7.02. The van der Waals surface area contributed by atoms with Crippen LogP contribution < -0.4 is 4.74 Å². The van der Waals surface area contributed by atoms with Gasteiger partial charge in [-0.1, -0.05) is 12.1 Å². The number of piperazine rings is 1. The zero-order chi connectivity index (χ0) is 20.2. The third kappa shape index (κ3) is 4.14. The fourth-order valence-electron chi connectivity index (χ4n) is 3.56. The standard InChI is InChI=1S/C20H24N6O3/c1-15(24-9-11-25(12-10-24)20(27)18-4-3-13-29-18)19-21-22-23-26(19)14-16-5-7-17(28-2)8-6-16/h3-8,13,15H,9-12,14H2,1-2H3/t15-/m0/s1. The van der Waals surface area contributed by atoms with E-state index in [0.29, 0.717) is 25.4 Å². The number of benzene rings is 1. The average molecular weight is 396 g/mol. The van der Waals surface area contributed by atoms with Gasteiger partial charge in [-0.3, -0.25) is 9.69 Å². The van der Waals surface area contributed by atoms with E-state index in [4.69, 9.17) is 9.15 Å². The summed E-state index contributed by atoms with van der Waals surface area (Å²) in [6.45, 7) is 5.48. The zero-order valence-corrected chi connectivity index (χ0v) is 16.6. The van der Waals surface area contributed by atoms with Crippen LogP contribution in [0.3, 0.4) is 0 Å². The highest BCUT2D eigenvalue weighted by Crippen LogP contribution is 2.21.